The number of nitrogen functional groups attached to an aromatic ring is 1. The maximum Gasteiger partial charge on any atom is 0.0642 e. The summed E-state index contributed by atoms with van der Waals surface area (Å²) in [5.74, 6) is 0. The summed E-state index contributed by atoms with van der Waals surface area (Å²) in [5.41, 5.74) is 10.2. The SMILES string of the molecule is Cc1ccccc1N(C)c1ccc(Br)cc1N. The molecule has 0 amide bonds. The maximum absolute atomic E-state index is 6.04. The minimum Gasteiger partial charge on any atom is -0.397 e. The molecule has 0 heterocycles. The van der Waals surface area contributed by atoms with Crippen LogP contribution in [-0.2, 0) is 0 Å². The van der Waals surface area contributed by atoms with Crippen molar-refractivity contribution in [1.29, 1.82) is 0 Å². The van der Waals surface area contributed by atoms with Crippen molar-refractivity contribution in [2.75, 3.05) is 17.7 Å². The first-order valence-electron chi connectivity index (χ1n) is 5.44. The molecule has 2 rings (SSSR count). The minimum atomic E-state index is 0.769. The lowest BCUT2D eigenvalue weighted by Crippen LogP contribution is -2.12. The Hall–Kier alpha value is -1.48. The van der Waals surface area contributed by atoms with Crippen LogP contribution in [-0.4, -0.2) is 7.05 Å². The van der Waals surface area contributed by atoms with Gasteiger partial charge >= 0.3 is 0 Å². The van der Waals surface area contributed by atoms with Crippen molar-refractivity contribution in [2.45, 2.75) is 6.92 Å². The van der Waals surface area contributed by atoms with Crippen LogP contribution in [0.1, 0.15) is 5.56 Å². The van der Waals surface area contributed by atoms with E-state index in [4.69, 9.17) is 5.73 Å². The summed E-state index contributed by atoms with van der Waals surface area (Å²) in [7, 11) is 2.03. The summed E-state index contributed by atoms with van der Waals surface area (Å²) in [4.78, 5) is 2.11. The van der Waals surface area contributed by atoms with Crippen molar-refractivity contribution in [1.82, 2.24) is 0 Å². The first-order chi connectivity index (χ1) is 8.09. The van der Waals surface area contributed by atoms with Crippen molar-refractivity contribution in [3.05, 3.63) is 52.5 Å². The highest BCUT2D eigenvalue weighted by Gasteiger charge is 2.09. The van der Waals surface area contributed by atoms with Crippen LogP contribution >= 0.6 is 15.9 Å². The fraction of sp³-hybridized carbons (Fsp3) is 0.143. The third kappa shape index (κ3) is 2.44. The Bertz CT molecular complexity index is 537. The molecule has 0 aliphatic carbocycles. The van der Waals surface area contributed by atoms with Crippen LogP contribution < -0.4 is 10.6 Å². The van der Waals surface area contributed by atoms with Crippen LogP contribution in [0.4, 0.5) is 17.1 Å². The highest BCUT2D eigenvalue weighted by Crippen LogP contribution is 2.32. The van der Waals surface area contributed by atoms with Gasteiger partial charge in [0.05, 0.1) is 11.4 Å². The molecule has 88 valence electrons. The lowest BCUT2D eigenvalue weighted by Gasteiger charge is -2.23. The fourth-order valence-corrected chi connectivity index (χ4v) is 2.28. The van der Waals surface area contributed by atoms with E-state index >= 15 is 0 Å². The second-order valence-electron chi connectivity index (χ2n) is 4.05. The first kappa shape index (κ1) is 12.0. The number of para-hydroxylation sites is 1. The van der Waals surface area contributed by atoms with Gasteiger partial charge in [-0.1, -0.05) is 34.1 Å². The van der Waals surface area contributed by atoms with Gasteiger partial charge in [-0.25, -0.2) is 0 Å². The summed E-state index contributed by atoms with van der Waals surface area (Å²) < 4.78 is 0.997. The van der Waals surface area contributed by atoms with Crippen molar-refractivity contribution < 1.29 is 0 Å². The lowest BCUT2D eigenvalue weighted by atomic mass is 10.1. The molecule has 0 spiro atoms. The number of hydrogen-bond acceptors (Lipinski definition) is 2. The van der Waals surface area contributed by atoms with E-state index < -0.39 is 0 Å². The molecule has 0 saturated carbocycles. The summed E-state index contributed by atoms with van der Waals surface area (Å²) in [6, 6.07) is 14.2. The molecule has 2 aromatic rings. The topological polar surface area (TPSA) is 29.3 Å². The van der Waals surface area contributed by atoms with Crippen LogP contribution in [0.2, 0.25) is 0 Å². The zero-order valence-corrected chi connectivity index (χ0v) is 11.5. The van der Waals surface area contributed by atoms with Crippen LogP contribution in [0, 0.1) is 6.92 Å². The number of aryl methyl sites for hydroxylation is 1. The van der Waals surface area contributed by atoms with Crippen molar-refractivity contribution in [3.63, 3.8) is 0 Å². The average molecular weight is 291 g/mol. The molecule has 0 aromatic heterocycles. The van der Waals surface area contributed by atoms with Gasteiger partial charge in [-0.2, -0.15) is 0 Å². The molecular weight excluding hydrogens is 276 g/mol. The molecular formula is C14H15BrN2. The van der Waals surface area contributed by atoms with Crippen LogP contribution in [0.25, 0.3) is 0 Å². The summed E-state index contributed by atoms with van der Waals surface area (Å²) in [6.07, 6.45) is 0. The third-order valence-electron chi connectivity index (χ3n) is 2.83. The standard InChI is InChI=1S/C14H15BrN2/c1-10-5-3-4-6-13(10)17(2)14-8-7-11(15)9-12(14)16/h3-9H,16H2,1-2H3. The van der Waals surface area contributed by atoms with E-state index in [0.29, 0.717) is 0 Å². The molecule has 3 heteroatoms. The number of benzene rings is 2. The van der Waals surface area contributed by atoms with Gasteiger partial charge in [-0.05, 0) is 36.8 Å². The van der Waals surface area contributed by atoms with Crippen LogP contribution in [0.5, 0.6) is 0 Å². The quantitative estimate of drug-likeness (QED) is 0.844. The number of rotatable bonds is 2. The van der Waals surface area contributed by atoms with Crippen LogP contribution in [0.3, 0.4) is 0 Å². The first-order valence-corrected chi connectivity index (χ1v) is 6.23. The Kier molecular flexibility index (Phi) is 3.38. The molecule has 0 aliphatic heterocycles. The van der Waals surface area contributed by atoms with E-state index in [1.807, 2.05) is 37.4 Å². The number of hydrogen-bond donors (Lipinski definition) is 1. The molecule has 0 unspecified atom stereocenters. The molecule has 0 aliphatic rings. The number of halogens is 1. The highest BCUT2D eigenvalue weighted by atomic mass is 79.9. The van der Waals surface area contributed by atoms with Crippen molar-refractivity contribution in [3.8, 4) is 0 Å². The second-order valence-corrected chi connectivity index (χ2v) is 4.96. The molecule has 0 fully saturated rings. The van der Waals surface area contributed by atoms with Crippen molar-refractivity contribution >= 4 is 33.0 Å². The Morgan fingerprint density at radius 1 is 1.06 bits per heavy atom. The predicted molar refractivity (Wildman–Crippen MR) is 77.8 cm³/mol. The largest absolute Gasteiger partial charge is 0.397 e. The Balaban J connectivity index is 2.44. The van der Waals surface area contributed by atoms with Gasteiger partial charge in [0.1, 0.15) is 0 Å². The monoisotopic (exact) mass is 290 g/mol. The van der Waals surface area contributed by atoms with E-state index in [2.05, 4.69) is 39.9 Å². The van der Waals surface area contributed by atoms with E-state index in [1.54, 1.807) is 0 Å². The highest BCUT2D eigenvalue weighted by molar-refractivity contribution is 9.10. The predicted octanol–water partition coefficient (Wildman–Crippen LogP) is 4.11. The van der Waals surface area contributed by atoms with Gasteiger partial charge in [-0.3, -0.25) is 0 Å². The van der Waals surface area contributed by atoms with Crippen LogP contribution in [0.15, 0.2) is 46.9 Å². The average Bonchev–Trinajstić information content (AvgIpc) is 2.29. The molecule has 2 aromatic carbocycles. The summed E-state index contributed by atoms with van der Waals surface area (Å²) in [6.45, 7) is 2.10. The van der Waals surface area contributed by atoms with E-state index in [-0.39, 0.29) is 0 Å². The molecule has 17 heavy (non-hydrogen) atoms. The Morgan fingerprint density at radius 2 is 1.76 bits per heavy atom. The molecule has 0 bridgehead atoms. The zero-order chi connectivity index (χ0) is 12.4. The Morgan fingerprint density at radius 3 is 2.41 bits per heavy atom. The molecule has 2 N–H and O–H groups in total. The van der Waals surface area contributed by atoms with E-state index in [9.17, 15) is 0 Å². The molecule has 2 nitrogen and oxygen atoms in total. The maximum atomic E-state index is 6.04. The second kappa shape index (κ2) is 4.80. The molecule has 0 radical (unpaired) electrons. The van der Waals surface area contributed by atoms with Gasteiger partial charge in [-0.15, -0.1) is 0 Å². The summed E-state index contributed by atoms with van der Waals surface area (Å²) >= 11 is 3.42. The number of nitrogens with two attached hydrogens (primary N) is 1. The summed E-state index contributed by atoms with van der Waals surface area (Å²) in [5, 5.41) is 0. The van der Waals surface area contributed by atoms with Gasteiger partial charge < -0.3 is 10.6 Å². The minimum absolute atomic E-state index is 0.769. The molecule has 0 atom stereocenters. The van der Waals surface area contributed by atoms with Gasteiger partial charge in [0.15, 0.2) is 0 Å². The normalized spacial score (nSPS) is 10.3. The fourth-order valence-electron chi connectivity index (χ4n) is 1.90. The third-order valence-corrected chi connectivity index (χ3v) is 3.32. The number of anilines is 3. The Labute approximate surface area is 110 Å². The van der Waals surface area contributed by atoms with Crippen molar-refractivity contribution in [2.24, 2.45) is 0 Å². The molecule has 0 saturated heterocycles. The smallest absolute Gasteiger partial charge is 0.0642 e. The van der Waals surface area contributed by atoms with Gasteiger partial charge in [0.25, 0.3) is 0 Å². The van der Waals surface area contributed by atoms with Gasteiger partial charge in [0, 0.05) is 17.2 Å². The van der Waals surface area contributed by atoms with Gasteiger partial charge in [0.2, 0.25) is 0 Å². The van der Waals surface area contributed by atoms with E-state index in [1.165, 1.54) is 11.3 Å². The number of nitrogens with zero attached hydrogens (tertiary/aromatic N) is 1. The van der Waals surface area contributed by atoms with E-state index in [0.717, 1.165) is 15.8 Å². The lowest BCUT2D eigenvalue weighted by molar-refractivity contribution is 1.19. The zero-order valence-electron chi connectivity index (χ0n) is 9.94.